The average molecular weight is 477 g/mol. The first-order chi connectivity index (χ1) is 14.9. The van der Waals surface area contributed by atoms with Crippen molar-refractivity contribution in [1.29, 1.82) is 0 Å². The summed E-state index contributed by atoms with van der Waals surface area (Å²) in [7, 11) is 0. The Morgan fingerprint density at radius 1 is 0.968 bits per heavy atom. The summed E-state index contributed by atoms with van der Waals surface area (Å²) >= 11 is 18.6. The third kappa shape index (κ3) is 5.34. The van der Waals surface area contributed by atoms with Crippen LogP contribution < -0.4 is 10.3 Å². The first kappa shape index (κ1) is 22.0. The predicted octanol–water partition coefficient (Wildman–Crippen LogP) is 7.27. The van der Waals surface area contributed by atoms with E-state index in [0.717, 1.165) is 22.6 Å². The number of nitrogens with zero attached hydrogens (tertiary/aromatic N) is 2. The lowest BCUT2D eigenvalue weighted by Gasteiger charge is -2.30. The van der Waals surface area contributed by atoms with Crippen molar-refractivity contribution in [3.8, 4) is 0 Å². The fourth-order valence-electron chi connectivity index (χ4n) is 3.71. The summed E-state index contributed by atoms with van der Waals surface area (Å²) in [6.07, 6.45) is 0. The minimum atomic E-state index is -0.252. The van der Waals surface area contributed by atoms with Gasteiger partial charge in [0.15, 0.2) is 0 Å². The minimum absolute atomic E-state index is 0.121. The molecule has 3 nitrogen and oxygen atoms in total. The molecule has 1 saturated heterocycles. The molecule has 160 valence electrons. The van der Waals surface area contributed by atoms with Crippen LogP contribution >= 0.6 is 34.8 Å². The number of hydrazine groups is 1. The number of nitrogens with one attached hydrogen (secondary N) is 1. The van der Waals surface area contributed by atoms with Crippen LogP contribution in [0.1, 0.15) is 5.56 Å². The Morgan fingerprint density at radius 3 is 2.42 bits per heavy atom. The second kappa shape index (κ2) is 9.49. The molecule has 1 fully saturated rings. The van der Waals surface area contributed by atoms with Crippen LogP contribution in [-0.4, -0.2) is 18.1 Å². The van der Waals surface area contributed by atoms with Crippen LogP contribution in [0.5, 0.6) is 0 Å². The summed E-state index contributed by atoms with van der Waals surface area (Å²) in [5.74, 6) is -0.130. The Balaban J connectivity index is 1.57. The molecule has 7 heteroatoms. The highest BCUT2D eigenvalue weighted by atomic mass is 35.5. The third-order valence-corrected chi connectivity index (χ3v) is 6.04. The summed E-state index contributed by atoms with van der Waals surface area (Å²) in [6, 6.07) is 19.6. The van der Waals surface area contributed by atoms with Gasteiger partial charge >= 0.3 is 0 Å². The van der Waals surface area contributed by atoms with Crippen LogP contribution in [-0.2, 0) is 6.54 Å². The standard InChI is InChI=1S/C24H21Cl3FN3/c1-16(29-22-8-5-19(25)6-9-22)18-14-30(13-17-3-2-4-21(28)11-17)31(15-18)24-10-7-20(26)12-23(24)27/h2-12,18,29H,1,13-15H2. The van der Waals surface area contributed by atoms with Gasteiger partial charge in [-0.05, 0) is 60.2 Å². The van der Waals surface area contributed by atoms with Gasteiger partial charge in [0.25, 0.3) is 0 Å². The van der Waals surface area contributed by atoms with E-state index >= 15 is 0 Å². The average Bonchev–Trinajstić information content (AvgIpc) is 3.13. The van der Waals surface area contributed by atoms with Crippen molar-refractivity contribution in [2.75, 3.05) is 23.4 Å². The number of rotatable bonds is 6. The molecule has 0 saturated carbocycles. The highest BCUT2D eigenvalue weighted by Gasteiger charge is 2.33. The van der Waals surface area contributed by atoms with Crippen molar-refractivity contribution < 1.29 is 4.39 Å². The lowest BCUT2D eigenvalue weighted by atomic mass is 10.1. The molecule has 0 bridgehead atoms. The van der Waals surface area contributed by atoms with Crippen LogP contribution in [0, 0.1) is 11.7 Å². The summed E-state index contributed by atoms with van der Waals surface area (Å²) in [4.78, 5) is 0. The van der Waals surface area contributed by atoms with Gasteiger partial charge in [-0.25, -0.2) is 9.40 Å². The van der Waals surface area contributed by atoms with Crippen LogP contribution in [0.4, 0.5) is 15.8 Å². The fraction of sp³-hybridized carbons (Fsp3) is 0.167. The van der Waals surface area contributed by atoms with E-state index in [2.05, 4.69) is 21.9 Å². The number of hydrogen-bond donors (Lipinski definition) is 1. The van der Waals surface area contributed by atoms with Crippen LogP contribution in [0.3, 0.4) is 0 Å². The van der Waals surface area contributed by atoms with Gasteiger partial charge in [-0.15, -0.1) is 0 Å². The lowest BCUT2D eigenvalue weighted by Crippen LogP contribution is -2.36. The van der Waals surface area contributed by atoms with E-state index in [9.17, 15) is 4.39 Å². The quantitative estimate of drug-likeness (QED) is 0.404. The summed E-state index contributed by atoms with van der Waals surface area (Å²) < 4.78 is 13.7. The zero-order chi connectivity index (χ0) is 22.0. The Kier molecular flexibility index (Phi) is 6.73. The Labute approximate surface area is 196 Å². The van der Waals surface area contributed by atoms with Gasteiger partial charge in [-0.1, -0.05) is 53.5 Å². The molecule has 4 rings (SSSR count). The summed E-state index contributed by atoms with van der Waals surface area (Å²) in [5.41, 5.74) is 3.55. The zero-order valence-corrected chi connectivity index (χ0v) is 18.9. The monoisotopic (exact) mass is 475 g/mol. The second-order valence-electron chi connectivity index (χ2n) is 7.51. The molecule has 3 aromatic rings. The SMILES string of the molecule is C=C(Nc1ccc(Cl)cc1)C1CN(Cc2cccc(F)c2)N(c2ccc(Cl)cc2Cl)C1. The molecule has 0 amide bonds. The molecule has 0 aliphatic carbocycles. The van der Waals surface area contributed by atoms with E-state index in [1.807, 2.05) is 42.5 Å². The number of anilines is 2. The van der Waals surface area contributed by atoms with E-state index < -0.39 is 0 Å². The van der Waals surface area contributed by atoms with Crippen molar-refractivity contribution in [1.82, 2.24) is 5.01 Å². The van der Waals surface area contributed by atoms with E-state index in [0.29, 0.717) is 34.7 Å². The highest BCUT2D eigenvalue weighted by Crippen LogP contribution is 2.35. The Morgan fingerprint density at radius 2 is 1.71 bits per heavy atom. The van der Waals surface area contributed by atoms with Gasteiger partial charge in [0.1, 0.15) is 5.82 Å². The van der Waals surface area contributed by atoms with E-state index in [1.165, 1.54) is 6.07 Å². The first-order valence-corrected chi connectivity index (χ1v) is 11.0. The van der Waals surface area contributed by atoms with Gasteiger partial charge in [0.05, 0.1) is 10.7 Å². The molecule has 0 radical (unpaired) electrons. The molecule has 0 spiro atoms. The molecule has 1 heterocycles. The predicted molar refractivity (Wildman–Crippen MR) is 128 cm³/mol. The van der Waals surface area contributed by atoms with E-state index in [-0.39, 0.29) is 11.7 Å². The molecule has 31 heavy (non-hydrogen) atoms. The van der Waals surface area contributed by atoms with Gasteiger partial charge in [0, 0.05) is 47.0 Å². The molecular formula is C24H21Cl3FN3. The van der Waals surface area contributed by atoms with Gasteiger partial charge in [-0.2, -0.15) is 0 Å². The number of halogens is 4. The molecule has 1 N–H and O–H groups in total. The molecule has 1 atom stereocenters. The minimum Gasteiger partial charge on any atom is -0.359 e. The zero-order valence-electron chi connectivity index (χ0n) is 16.7. The maximum Gasteiger partial charge on any atom is 0.123 e. The molecule has 1 aliphatic rings. The van der Waals surface area contributed by atoms with E-state index in [4.69, 9.17) is 34.8 Å². The molecule has 3 aromatic carbocycles. The maximum atomic E-state index is 13.7. The first-order valence-electron chi connectivity index (χ1n) is 9.82. The molecule has 0 aromatic heterocycles. The van der Waals surface area contributed by atoms with Crippen molar-refractivity contribution in [3.05, 3.63) is 105 Å². The van der Waals surface area contributed by atoms with Crippen molar-refractivity contribution in [2.45, 2.75) is 6.54 Å². The Bertz CT molecular complexity index is 1090. The third-order valence-electron chi connectivity index (χ3n) is 5.25. The Hall–Kier alpha value is -2.24. The fourth-order valence-corrected chi connectivity index (χ4v) is 4.35. The van der Waals surface area contributed by atoms with Crippen molar-refractivity contribution in [3.63, 3.8) is 0 Å². The molecule has 1 aliphatic heterocycles. The maximum absolute atomic E-state index is 13.7. The topological polar surface area (TPSA) is 18.5 Å². The second-order valence-corrected chi connectivity index (χ2v) is 8.79. The molecular weight excluding hydrogens is 456 g/mol. The number of hydrogen-bond acceptors (Lipinski definition) is 3. The smallest absolute Gasteiger partial charge is 0.123 e. The van der Waals surface area contributed by atoms with Crippen LogP contribution in [0.15, 0.2) is 79.0 Å². The van der Waals surface area contributed by atoms with Gasteiger partial charge < -0.3 is 10.3 Å². The summed E-state index contributed by atoms with van der Waals surface area (Å²) in [6.45, 7) is 6.19. The van der Waals surface area contributed by atoms with Gasteiger partial charge in [0.2, 0.25) is 0 Å². The van der Waals surface area contributed by atoms with Crippen LogP contribution in [0.2, 0.25) is 15.1 Å². The number of benzene rings is 3. The molecule has 1 unspecified atom stereocenters. The lowest BCUT2D eigenvalue weighted by molar-refractivity contribution is 0.295. The normalized spacial score (nSPS) is 16.5. The van der Waals surface area contributed by atoms with Gasteiger partial charge in [-0.3, -0.25) is 0 Å². The summed E-state index contributed by atoms with van der Waals surface area (Å²) in [5, 5.41) is 9.47. The van der Waals surface area contributed by atoms with E-state index in [1.54, 1.807) is 18.2 Å². The largest absolute Gasteiger partial charge is 0.359 e. The van der Waals surface area contributed by atoms with Crippen molar-refractivity contribution >= 4 is 46.2 Å². The van der Waals surface area contributed by atoms with Crippen molar-refractivity contribution in [2.24, 2.45) is 5.92 Å². The highest BCUT2D eigenvalue weighted by molar-refractivity contribution is 6.36. The van der Waals surface area contributed by atoms with Crippen LogP contribution in [0.25, 0.3) is 0 Å².